The lowest BCUT2D eigenvalue weighted by molar-refractivity contribution is 0.224. The van der Waals surface area contributed by atoms with Gasteiger partial charge in [0.2, 0.25) is 0 Å². The van der Waals surface area contributed by atoms with Gasteiger partial charge in [0.25, 0.3) is 0 Å². The van der Waals surface area contributed by atoms with E-state index in [2.05, 4.69) is 273 Å². The Labute approximate surface area is 447 Å². The smallest absolute Gasteiger partial charge is 0.159 e. The molecule has 0 spiro atoms. The van der Waals surface area contributed by atoms with Crippen molar-refractivity contribution in [1.29, 1.82) is 0 Å². The van der Waals surface area contributed by atoms with Crippen molar-refractivity contribution in [3.63, 3.8) is 0 Å². The quantitative estimate of drug-likeness (QED) is 0.166. The summed E-state index contributed by atoms with van der Waals surface area (Å²) in [6.45, 7) is 23.5. The maximum atomic E-state index is 7.20. The van der Waals surface area contributed by atoms with E-state index < -0.39 is 0 Å². The second-order valence-electron chi connectivity index (χ2n) is 24.8. The molecule has 0 amide bonds. The van der Waals surface area contributed by atoms with Gasteiger partial charge in [-0.2, -0.15) is 0 Å². The highest BCUT2D eigenvalue weighted by Crippen LogP contribution is 2.61. The lowest BCUT2D eigenvalue weighted by Gasteiger charge is -2.40. The topological polar surface area (TPSA) is 28.9 Å². The number of fused-ring (bicyclic) bond motifs is 12. The third-order valence-corrected chi connectivity index (χ3v) is 17.4. The number of nitrogens with zero attached hydrogens (tertiary/aromatic N) is 2. The van der Waals surface area contributed by atoms with Crippen LogP contribution in [-0.4, -0.2) is 6.10 Å². The molecular weight excluding hydrogens is 925 g/mol. The summed E-state index contributed by atoms with van der Waals surface area (Å²) in [6.07, 6.45) is 6.78. The molecule has 9 aromatic carbocycles. The van der Waals surface area contributed by atoms with Gasteiger partial charge in [0.15, 0.2) is 5.58 Å². The first-order valence-corrected chi connectivity index (χ1v) is 27.2. The Hall–Kier alpha value is -8.08. The molecule has 4 heteroatoms. The second-order valence-corrected chi connectivity index (χ2v) is 24.8. The molecule has 4 nitrogen and oxygen atoms in total. The van der Waals surface area contributed by atoms with Crippen molar-refractivity contribution in [2.24, 2.45) is 5.41 Å². The number of furan rings is 1. The highest BCUT2D eigenvalue weighted by molar-refractivity contribution is 6.13. The molecule has 4 aliphatic rings. The van der Waals surface area contributed by atoms with Gasteiger partial charge in [-0.1, -0.05) is 209 Å². The Morgan fingerprint density at radius 2 is 1.05 bits per heavy atom. The van der Waals surface area contributed by atoms with Crippen LogP contribution in [0.5, 0.6) is 5.75 Å². The van der Waals surface area contributed by atoms with Crippen molar-refractivity contribution in [2.75, 3.05) is 9.80 Å². The van der Waals surface area contributed by atoms with Crippen LogP contribution in [0.2, 0.25) is 0 Å². The molecule has 0 saturated heterocycles. The van der Waals surface area contributed by atoms with Gasteiger partial charge in [-0.15, -0.1) is 0 Å². The third kappa shape index (κ3) is 6.62. The fourth-order valence-corrected chi connectivity index (χ4v) is 13.9. The summed E-state index contributed by atoms with van der Waals surface area (Å²) < 4.78 is 14.3. The molecule has 3 aliphatic carbocycles. The van der Waals surface area contributed by atoms with Gasteiger partial charge in [-0.3, -0.25) is 0 Å². The summed E-state index contributed by atoms with van der Waals surface area (Å²) >= 11 is 0. The van der Waals surface area contributed by atoms with E-state index >= 15 is 0 Å². The van der Waals surface area contributed by atoms with E-state index in [0.29, 0.717) is 0 Å². The minimum Gasteiger partial charge on any atom is -0.483 e. The first kappa shape index (κ1) is 46.5. The van der Waals surface area contributed by atoms with E-state index in [9.17, 15) is 0 Å². The Bertz CT molecular complexity index is 4120. The van der Waals surface area contributed by atoms with Gasteiger partial charge in [-0.05, 0) is 121 Å². The molecule has 14 rings (SSSR count). The molecule has 2 unspecified atom stereocenters. The van der Waals surface area contributed by atoms with Crippen LogP contribution in [0, 0.1) is 5.41 Å². The largest absolute Gasteiger partial charge is 0.483 e. The minimum atomic E-state index is -0.334. The lowest BCUT2D eigenvalue weighted by atomic mass is 9.63. The van der Waals surface area contributed by atoms with E-state index in [0.717, 1.165) is 61.8 Å². The molecular formula is C72H64N2O2. The number of benzene rings is 9. The van der Waals surface area contributed by atoms with Crippen LogP contribution in [0.25, 0.3) is 55.0 Å². The van der Waals surface area contributed by atoms with Crippen LogP contribution in [0.4, 0.5) is 34.1 Å². The van der Waals surface area contributed by atoms with Crippen LogP contribution in [-0.2, 0) is 16.2 Å². The maximum absolute atomic E-state index is 7.20. The summed E-state index contributed by atoms with van der Waals surface area (Å²) in [5, 5.41) is 4.81. The van der Waals surface area contributed by atoms with Crippen molar-refractivity contribution < 1.29 is 9.15 Å². The molecule has 0 fully saturated rings. The van der Waals surface area contributed by atoms with Gasteiger partial charge < -0.3 is 19.0 Å². The van der Waals surface area contributed by atoms with Crippen molar-refractivity contribution in [3.8, 4) is 28.0 Å². The Morgan fingerprint density at radius 3 is 1.76 bits per heavy atom. The fourth-order valence-electron chi connectivity index (χ4n) is 13.9. The number of ether oxygens (including phenoxy) is 1. The first-order chi connectivity index (χ1) is 36.5. The zero-order valence-corrected chi connectivity index (χ0v) is 45.3. The number of anilines is 6. The highest BCUT2D eigenvalue weighted by Gasteiger charge is 2.46. The normalized spacial score (nSPS) is 17.4. The molecule has 374 valence electrons. The Kier molecular flexibility index (Phi) is 9.91. The van der Waals surface area contributed by atoms with E-state index in [1.165, 1.54) is 72.0 Å². The summed E-state index contributed by atoms with van der Waals surface area (Å²) in [6, 6.07) is 65.3. The molecule has 0 radical (unpaired) electrons. The van der Waals surface area contributed by atoms with Gasteiger partial charge in [0.05, 0.1) is 17.1 Å². The molecule has 0 bridgehead atoms. The maximum Gasteiger partial charge on any atom is 0.159 e. The molecule has 2 heterocycles. The first-order valence-electron chi connectivity index (χ1n) is 27.2. The Balaban J connectivity index is 0.910. The number of para-hydroxylation sites is 5. The number of allylic oxidation sites excluding steroid dienone is 2. The van der Waals surface area contributed by atoms with Crippen molar-refractivity contribution in [1.82, 2.24) is 0 Å². The molecule has 1 aliphatic heterocycles. The zero-order chi connectivity index (χ0) is 52.2. The lowest BCUT2D eigenvalue weighted by Crippen LogP contribution is -2.30. The van der Waals surface area contributed by atoms with Crippen LogP contribution in [0.1, 0.15) is 109 Å². The Morgan fingerprint density at radius 1 is 0.461 bits per heavy atom. The zero-order valence-electron chi connectivity index (χ0n) is 45.3. The van der Waals surface area contributed by atoms with Crippen molar-refractivity contribution in [2.45, 2.75) is 97.5 Å². The predicted octanol–water partition coefficient (Wildman–Crippen LogP) is 20.0. The SMILES string of the molecule is CC(C)(C)C1=CC=CC2c3cccc(N(c4ccccc4)c4ccc5c6c(cccc46)C(C)(C)c4c-5ccc5c4C(C)(C)c4cc(N(c6ccccc6)c6cccc7c6oc6c(C(C)(C)C)cccc67)ccc4-5)c3OC12. The van der Waals surface area contributed by atoms with Crippen LogP contribution < -0.4 is 14.5 Å². The summed E-state index contributed by atoms with van der Waals surface area (Å²) in [5.74, 6) is 1.12. The monoisotopic (exact) mass is 988 g/mol. The third-order valence-electron chi connectivity index (χ3n) is 17.4. The van der Waals surface area contributed by atoms with E-state index in [-0.39, 0.29) is 33.7 Å². The van der Waals surface area contributed by atoms with Gasteiger partial charge in [0, 0.05) is 61.1 Å². The summed E-state index contributed by atoms with van der Waals surface area (Å²) in [7, 11) is 0. The number of hydrogen-bond acceptors (Lipinski definition) is 4. The highest BCUT2D eigenvalue weighted by atomic mass is 16.5. The minimum absolute atomic E-state index is 0.0251. The van der Waals surface area contributed by atoms with Crippen LogP contribution in [0.3, 0.4) is 0 Å². The van der Waals surface area contributed by atoms with Gasteiger partial charge in [-0.25, -0.2) is 0 Å². The fraction of sp³-hybridized carbons (Fsp3) is 0.222. The molecule has 0 N–H and O–H groups in total. The predicted molar refractivity (Wildman–Crippen MR) is 318 cm³/mol. The van der Waals surface area contributed by atoms with Crippen LogP contribution >= 0.6 is 0 Å². The standard InChI is InChI=1S/C72H64N2O2/c1-69(2,3)56-32-17-26-50-52-28-20-34-60(67(52)75-65(50)56)73(43-22-13-11-14-23-43)45-36-37-46-48-38-39-49-47-40-41-59(54-30-19-31-55(62(47)54)71(7,8)64(49)63(48)72(9,10)58(46)42-45)74(44-24-15-12-16-25-44)61-35-21-29-53-51-27-18-33-57(70(4,5)6)66(51)76-68(53)61/h11-42,51,66H,1-10H3. The molecule has 2 atom stereocenters. The van der Waals surface area contributed by atoms with Gasteiger partial charge in [0.1, 0.15) is 17.4 Å². The molecule has 0 saturated carbocycles. The van der Waals surface area contributed by atoms with E-state index in [4.69, 9.17) is 9.15 Å². The van der Waals surface area contributed by atoms with Gasteiger partial charge >= 0.3 is 0 Å². The summed E-state index contributed by atoms with van der Waals surface area (Å²) in [5.41, 5.74) is 22.1. The van der Waals surface area contributed by atoms with E-state index in [1.807, 2.05) is 0 Å². The molecule has 10 aromatic rings. The van der Waals surface area contributed by atoms with E-state index in [1.54, 1.807) is 0 Å². The van der Waals surface area contributed by atoms with Crippen molar-refractivity contribution >= 4 is 66.8 Å². The number of rotatable bonds is 6. The average Bonchev–Trinajstić information content (AvgIpc) is 4.24. The average molecular weight is 989 g/mol. The molecule has 1 aromatic heterocycles. The number of hydrogen-bond donors (Lipinski definition) is 0. The van der Waals surface area contributed by atoms with Crippen molar-refractivity contribution in [3.05, 3.63) is 233 Å². The second kappa shape index (κ2) is 16.2. The summed E-state index contributed by atoms with van der Waals surface area (Å²) in [4.78, 5) is 4.84. The molecule has 76 heavy (non-hydrogen) atoms. The van der Waals surface area contributed by atoms with Crippen LogP contribution in [0.15, 0.2) is 204 Å².